The van der Waals surface area contributed by atoms with E-state index in [2.05, 4.69) is 42.7 Å². The zero-order chi connectivity index (χ0) is 16.6. The van der Waals surface area contributed by atoms with Crippen molar-refractivity contribution in [3.63, 3.8) is 0 Å². The van der Waals surface area contributed by atoms with Gasteiger partial charge in [0, 0.05) is 29.6 Å². The van der Waals surface area contributed by atoms with Gasteiger partial charge in [0.2, 0.25) is 0 Å². The van der Waals surface area contributed by atoms with E-state index >= 15 is 0 Å². The lowest BCUT2D eigenvalue weighted by atomic mass is 9.97. The number of hydrogen-bond donors (Lipinski definition) is 0. The molecule has 122 valence electrons. The maximum absolute atomic E-state index is 4.86. The molecule has 3 aromatic heterocycles. The molecule has 0 amide bonds. The largest absolute Gasteiger partial charge is 0.268 e. The highest BCUT2D eigenvalue weighted by Crippen LogP contribution is 2.37. The van der Waals surface area contributed by atoms with Crippen molar-refractivity contribution in [3.05, 3.63) is 60.6 Å². The van der Waals surface area contributed by atoms with Crippen LogP contribution < -0.4 is 0 Å². The van der Waals surface area contributed by atoms with Crippen molar-refractivity contribution >= 4 is 11.7 Å². The van der Waals surface area contributed by atoms with E-state index in [0.717, 1.165) is 47.6 Å². The molecule has 0 radical (unpaired) electrons. The molecular weight excluding hydrogens is 330 g/mol. The van der Waals surface area contributed by atoms with Crippen LogP contribution in [0.2, 0.25) is 0 Å². The Kier molecular flexibility index (Phi) is 3.41. The van der Waals surface area contributed by atoms with E-state index in [1.54, 1.807) is 0 Å². The van der Waals surface area contributed by atoms with Gasteiger partial charge in [0.05, 0.1) is 23.6 Å². The Bertz CT molecular complexity index is 1020. The third-order valence-corrected chi connectivity index (χ3v) is 5.04. The maximum Gasteiger partial charge on any atom is 0.119 e. The molecule has 0 saturated carbocycles. The van der Waals surface area contributed by atoms with Gasteiger partial charge in [-0.25, -0.2) is 0 Å². The van der Waals surface area contributed by atoms with Crippen LogP contribution in [0.4, 0.5) is 0 Å². The van der Waals surface area contributed by atoms with Crippen molar-refractivity contribution in [2.24, 2.45) is 0 Å². The van der Waals surface area contributed by atoms with Gasteiger partial charge in [0.1, 0.15) is 11.4 Å². The zero-order valence-corrected chi connectivity index (χ0v) is 14.3. The third kappa shape index (κ3) is 2.46. The fraction of sp³-hybridized carbons (Fsp3) is 0.158. The van der Waals surface area contributed by atoms with Gasteiger partial charge in [-0.2, -0.15) is 13.8 Å². The molecule has 0 spiro atoms. The number of hydrogen-bond acceptors (Lipinski definition) is 5. The number of fused-ring (bicyclic) bond motifs is 1. The molecule has 0 N–H and O–H groups in total. The lowest BCUT2D eigenvalue weighted by Crippen LogP contribution is -1.94. The van der Waals surface area contributed by atoms with E-state index in [9.17, 15) is 0 Å². The van der Waals surface area contributed by atoms with Gasteiger partial charge in [-0.15, -0.1) is 0 Å². The zero-order valence-electron chi connectivity index (χ0n) is 13.5. The lowest BCUT2D eigenvalue weighted by Gasteiger charge is -2.07. The van der Waals surface area contributed by atoms with Crippen molar-refractivity contribution in [3.8, 4) is 33.8 Å². The molecule has 1 aromatic carbocycles. The van der Waals surface area contributed by atoms with Gasteiger partial charge in [-0.3, -0.25) is 9.67 Å². The Morgan fingerprint density at radius 3 is 2.80 bits per heavy atom. The first kappa shape index (κ1) is 14.5. The number of aromatic nitrogens is 5. The minimum absolute atomic E-state index is 0.912. The molecule has 5 nitrogen and oxygen atoms in total. The Hall–Kier alpha value is -2.86. The summed E-state index contributed by atoms with van der Waals surface area (Å²) in [6.45, 7) is 0.977. The molecule has 0 unspecified atom stereocenters. The van der Waals surface area contributed by atoms with Crippen molar-refractivity contribution < 1.29 is 0 Å². The molecule has 0 bridgehead atoms. The van der Waals surface area contributed by atoms with E-state index in [4.69, 9.17) is 5.10 Å². The van der Waals surface area contributed by atoms with E-state index in [-0.39, 0.29) is 0 Å². The van der Waals surface area contributed by atoms with Gasteiger partial charge < -0.3 is 0 Å². The summed E-state index contributed by atoms with van der Waals surface area (Å²) >= 11 is 1.23. The second kappa shape index (κ2) is 5.89. The summed E-state index contributed by atoms with van der Waals surface area (Å²) < 4.78 is 10.6. The molecule has 4 aromatic rings. The van der Waals surface area contributed by atoms with E-state index in [1.165, 1.54) is 23.0 Å². The summed E-state index contributed by atoms with van der Waals surface area (Å²) in [4.78, 5) is 4.52. The van der Waals surface area contributed by atoms with Gasteiger partial charge in [-0.1, -0.05) is 24.3 Å². The minimum Gasteiger partial charge on any atom is -0.268 e. The second-order valence-corrected chi connectivity index (χ2v) is 6.64. The topological polar surface area (TPSA) is 56.5 Å². The fourth-order valence-corrected chi connectivity index (χ4v) is 3.88. The van der Waals surface area contributed by atoms with Crippen LogP contribution in [-0.4, -0.2) is 23.5 Å². The molecule has 0 saturated heterocycles. The van der Waals surface area contributed by atoms with E-state index in [0.29, 0.717) is 0 Å². The first-order chi connectivity index (χ1) is 12.4. The number of pyridine rings is 1. The summed E-state index contributed by atoms with van der Waals surface area (Å²) in [7, 11) is 0. The number of aryl methyl sites for hydroxylation is 1. The highest BCUT2D eigenvalue weighted by molar-refractivity contribution is 6.99. The fourth-order valence-electron chi connectivity index (χ4n) is 3.44. The highest BCUT2D eigenvalue weighted by Gasteiger charge is 2.24. The Labute approximate surface area is 149 Å². The average molecular weight is 345 g/mol. The van der Waals surface area contributed by atoms with Crippen LogP contribution >= 0.6 is 11.7 Å². The average Bonchev–Trinajstić information content (AvgIpc) is 3.39. The standard InChI is InChI=1S/C19H15N5S/c1-2-9-20-15(7-1)19-18(17-8-4-10-24(17)22-19)14-6-3-5-13(11-14)16-12-21-25-23-16/h1-3,5-7,9,11-12H,4,8,10H2. The maximum atomic E-state index is 4.86. The molecule has 0 fully saturated rings. The Balaban J connectivity index is 1.71. The first-order valence-corrected chi connectivity index (χ1v) is 9.02. The van der Waals surface area contributed by atoms with Crippen LogP contribution in [0.1, 0.15) is 12.1 Å². The lowest BCUT2D eigenvalue weighted by molar-refractivity contribution is 0.658. The van der Waals surface area contributed by atoms with Gasteiger partial charge >= 0.3 is 0 Å². The van der Waals surface area contributed by atoms with E-state index in [1.807, 2.05) is 30.6 Å². The SMILES string of the molecule is c1ccc(-c2nn3c(c2-c2cccc(-c4cnsn4)c2)CCC3)nc1. The van der Waals surface area contributed by atoms with Crippen LogP contribution in [0.15, 0.2) is 54.9 Å². The smallest absolute Gasteiger partial charge is 0.119 e. The van der Waals surface area contributed by atoms with Crippen LogP contribution in [0.25, 0.3) is 33.8 Å². The predicted octanol–water partition coefficient (Wildman–Crippen LogP) is 4.08. The van der Waals surface area contributed by atoms with Crippen molar-refractivity contribution in [1.82, 2.24) is 23.5 Å². The predicted molar refractivity (Wildman–Crippen MR) is 98.1 cm³/mol. The first-order valence-electron chi connectivity index (χ1n) is 8.29. The van der Waals surface area contributed by atoms with Crippen LogP contribution in [0.5, 0.6) is 0 Å². The van der Waals surface area contributed by atoms with Gasteiger partial charge in [0.15, 0.2) is 0 Å². The molecule has 4 heterocycles. The summed E-state index contributed by atoms with van der Waals surface area (Å²) in [5, 5.41) is 4.86. The molecule has 1 aliphatic heterocycles. The normalized spacial score (nSPS) is 13.1. The van der Waals surface area contributed by atoms with Crippen LogP contribution in [-0.2, 0) is 13.0 Å². The van der Waals surface area contributed by atoms with Gasteiger partial charge in [0.25, 0.3) is 0 Å². The summed E-state index contributed by atoms with van der Waals surface area (Å²) in [5.41, 5.74) is 7.53. The Morgan fingerprint density at radius 1 is 1.00 bits per heavy atom. The molecular formula is C19H15N5S. The van der Waals surface area contributed by atoms with Gasteiger partial charge in [-0.05, 0) is 36.6 Å². The van der Waals surface area contributed by atoms with E-state index < -0.39 is 0 Å². The monoisotopic (exact) mass is 345 g/mol. The second-order valence-electron chi connectivity index (χ2n) is 6.09. The van der Waals surface area contributed by atoms with Crippen LogP contribution in [0.3, 0.4) is 0 Å². The van der Waals surface area contributed by atoms with Crippen molar-refractivity contribution in [1.29, 1.82) is 0 Å². The Morgan fingerprint density at radius 2 is 1.96 bits per heavy atom. The number of nitrogens with zero attached hydrogens (tertiary/aromatic N) is 5. The summed E-state index contributed by atoms with van der Waals surface area (Å²) in [6, 6.07) is 14.4. The highest BCUT2D eigenvalue weighted by atomic mass is 32.1. The van der Waals surface area contributed by atoms with Crippen molar-refractivity contribution in [2.75, 3.05) is 0 Å². The van der Waals surface area contributed by atoms with Crippen LogP contribution in [0, 0.1) is 0 Å². The molecule has 0 atom stereocenters. The molecule has 6 heteroatoms. The minimum atomic E-state index is 0.912. The van der Waals surface area contributed by atoms with Crippen molar-refractivity contribution in [2.45, 2.75) is 19.4 Å². The molecule has 5 rings (SSSR count). The third-order valence-electron chi connectivity index (χ3n) is 4.56. The number of rotatable bonds is 3. The summed E-state index contributed by atoms with van der Waals surface area (Å²) in [5.74, 6) is 0. The molecule has 0 aliphatic carbocycles. The number of benzene rings is 1. The molecule has 1 aliphatic rings. The molecule has 25 heavy (non-hydrogen) atoms. The quantitative estimate of drug-likeness (QED) is 0.561. The summed E-state index contributed by atoms with van der Waals surface area (Å²) in [6.07, 6.45) is 5.83.